The van der Waals surface area contributed by atoms with E-state index in [4.69, 9.17) is 0 Å². The monoisotopic (exact) mass is 348 g/mol. The zero-order valence-corrected chi connectivity index (χ0v) is 15.1. The summed E-state index contributed by atoms with van der Waals surface area (Å²) in [5.41, 5.74) is 2.88. The molecule has 0 N–H and O–H groups in total. The second-order valence-corrected chi connectivity index (χ2v) is 9.62. The third kappa shape index (κ3) is 2.47. The zero-order valence-electron chi connectivity index (χ0n) is 14.3. The van der Waals surface area contributed by atoms with Crippen LogP contribution in [0, 0.1) is 11.8 Å². The molecule has 2 atom stereocenters. The molecule has 0 saturated carbocycles. The van der Waals surface area contributed by atoms with E-state index in [0.29, 0.717) is 36.2 Å². The second kappa shape index (κ2) is 5.56. The minimum absolute atomic E-state index is 0.0979. The molecule has 2 unspecified atom stereocenters. The number of carbonyl (C=O) groups is 1. The number of amides is 1. The first-order chi connectivity index (χ1) is 11.4. The van der Waals surface area contributed by atoms with Crippen molar-refractivity contribution in [3.05, 3.63) is 23.3 Å². The van der Waals surface area contributed by atoms with Gasteiger partial charge in [-0.15, -0.1) is 0 Å². The van der Waals surface area contributed by atoms with Crippen LogP contribution in [0.15, 0.2) is 17.0 Å². The van der Waals surface area contributed by atoms with Gasteiger partial charge in [-0.2, -0.15) is 4.31 Å². The van der Waals surface area contributed by atoms with E-state index in [1.807, 2.05) is 11.0 Å². The Morgan fingerprint density at radius 1 is 1.08 bits per heavy atom. The molecule has 3 aliphatic rings. The maximum absolute atomic E-state index is 13.2. The fraction of sp³-hybridized carbons (Fsp3) is 0.611. The quantitative estimate of drug-likeness (QED) is 0.823. The molecule has 0 aliphatic carbocycles. The van der Waals surface area contributed by atoms with Gasteiger partial charge in [0.2, 0.25) is 15.9 Å². The van der Waals surface area contributed by atoms with E-state index in [9.17, 15) is 13.2 Å². The molecule has 1 amide bonds. The van der Waals surface area contributed by atoms with Crippen molar-refractivity contribution in [3.8, 4) is 0 Å². The zero-order chi connectivity index (χ0) is 17.1. The Labute approximate surface area is 143 Å². The van der Waals surface area contributed by atoms with Crippen molar-refractivity contribution >= 4 is 21.6 Å². The van der Waals surface area contributed by atoms with Crippen molar-refractivity contribution in [1.29, 1.82) is 0 Å². The van der Waals surface area contributed by atoms with Crippen LogP contribution in [0.5, 0.6) is 0 Å². The van der Waals surface area contributed by atoms with Gasteiger partial charge in [0.1, 0.15) is 0 Å². The van der Waals surface area contributed by atoms with Gasteiger partial charge in [-0.05, 0) is 54.4 Å². The number of anilines is 1. The van der Waals surface area contributed by atoms with Gasteiger partial charge < -0.3 is 4.90 Å². The van der Waals surface area contributed by atoms with E-state index in [1.165, 1.54) is 0 Å². The van der Waals surface area contributed by atoms with Crippen molar-refractivity contribution < 1.29 is 13.2 Å². The first kappa shape index (κ1) is 16.1. The van der Waals surface area contributed by atoms with Gasteiger partial charge in [-0.1, -0.05) is 13.8 Å². The summed E-state index contributed by atoms with van der Waals surface area (Å²) in [6, 6.07) is 3.55. The summed E-state index contributed by atoms with van der Waals surface area (Å²) < 4.78 is 27.9. The summed E-state index contributed by atoms with van der Waals surface area (Å²) in [7, 11) is -3.49. The van der Waals surface area contributed by atoms with Crippen LogP contribution in [0.3, 0.4) is 0 Å². The lowest BCUT2D eigenvalue weighted by atomic mass is 9.94. The summed E-state index contributed by atoms with van der Waals surface area (Å²) in [5.74, 6) is 0.863. The lowest BCUT2D eigenvalue weighted by Gasteiger charge is -2.34. The summed E-state index contributed by atoms with van der Waals surface area (Å²) >= 11 is 0. The van der Waals surface area contributed by atoms with E-state index in [2.05, 4.69) is 13.8 Å². The van der Waals surface area contributed by atoms with Crippen LogP contribution in [0.4, 0.5) is 5.69 Å². The van der Waals surface area contributed by atoms with Gasteiger partial charge in [0.05, 0.1) is 17.0 Å². The number of benzene rings is 1. The first-order valence-electron chi connectivity index (χ1n) is 8.82. The normalized spacial score (nSPS) is 27.4. The first-order valence-corrected chi connectivity index (χ1v) is 10.3. The number of hydrogen-bond acceptors (Lipinski definition) is 3. The molecule has 24 heavy (non-hydrogen) atoms. The summed E-state index contributed by atoms with van der Waals surface area (Å²) in [6.07, 6.45) is 3.16. The summed E-state index contributed by atoms with van der Waals surface area (Å²) in [4.78, 5) is 14.4. The summed E-state index contributed by atoms with van der Waals surface area (Å²) in [5, 5.41) is 0. The molecule has 1 fully saturated rings. The van der Waals surface area contributed by atoms with E-state index < -0.39 is 10.0 Å². The van der Waals surface area contributed by atoms with E-state index in [1.54, 1.807) is 10.4 Å². The van der Waals surface area contributed by atoms with E-state index in [0.717, 1.165) is 42.6 Å². The molecule has 0 spiro atoms. The average Bonchev–Trinajstić information content (AvgIpc) is 2.84. The molecule has 1 saturated heterocycles. The van der Waals surface area contributed by atoms with E-state index >= 15 is 0 Å². The Morgan fingerprint density at radius 3 is 2.46 bits per heavy atom. The van der Waals surface area contributed by atoms with Gasteiger partial charge in [0.15, 0.2) is 0 Å². The van der Waals surface area contributed by atoms with Crippen LogP contribution in [0.25, 0.3) is 0 Å². The smallest absolute Gasteiger partial charge is 0.243 e. The molecule has 0 radical (unpaired) electrons. The number of rotatable bonds is 2. The Hall–Kier alpha value is -1.40. The molecule has 1 aromatic carbocycles. The van der Waals surface area contributed by atoms with Crippen molar-refractivity contribution in [3.63, 3.8) is 0 Å². The Kier molecular flexibility index (Phi) is 3.73. The largest absolute Gasteiger partial charge is 0.312 e. The highest BCUT2D eigenvalue weighted by molar-refractivity contribution is 7.89. The molecular formula is C18H24N2O3S. The topological polar surface area (TPSA) is 57.7 Å². The minimum atomic E-state index is -3.49. The van der Waals surface area contributed by atoms with Crippen molar-refractivity contribution in [1.82, 2.24) is 4.31 Å². The number of piperidine rings is 1. The number of sulfonamides is 1. The number of hydrogen-bond donors (Lipinski definition) is 0. The molecule has 1 aromatic rings. The van der Waals surface area contributed by atoms with Crippen LogP contribution < -0.4 is 4.90 Å². The molecule has 130 valence electrons. The molecule has 5 nitrogen and oxygen atoms in total. The molecular weight excluding hydrogens is 324 g/mol. The van der Waals surface area contributed by atoms with Crippen LogP contribution in [0.1, 0.15) is 37.8 Å². The Morgan fingerprint density at radius 2 is 1.75 bits per heavy atom. The van der Waals surface area contributed by atoms with Gasteiger partial charge in [-0.3, -0.25) is 4.79 Å². The third-order valence-corrected chi connectivity index (χ3v) is 7.26. The maximum atomic E-state index is 13.2. The summed E-state index contributed by atoms with van der Waals surface area (Å²) in [6.45, 7) is 6.16. The number of nitrogens with zero attached hydrogens (tertiary/aromatic N) is 2. The van der Waals surface area contributed by atoms with Crippen LogP contribution in [0.2, 0.25) is 0 Å². The van der Waals surface area contributed by atoms with Crippen molar-refractivity contribution in [2.45, 2.75) is 44.4 Å². The Bertz CT molecular complexity index is 793. The fourth-order valence-corrected chi connectivity index (χ4v) is 6.33. The molecule has 3 heterocycles. The van der Waals surface area contributed by atoms with E-state index in [-0.39, 0.29) is 5.91 Å². The van der Waals surface area contributed by atoms with Crippen LogP contribution in [-0.2, 0) is 27.7 Å². The van der Waals surface area contributed by atoms with Gasteiger partial charge in [0.25, 0.3) is 0 Å². The average molecular weight is 348 g/mol. The Balaban J connectivity index is 1.75. The predicted molar refractivity (Wildman–Crippen MR) is 92.5 cm³/mol. The number of aryl methyl sites for hydroxylation is 1. The third-order valence-electron chi connectivity index (χ3n) is 5.45. The van der Waals surface area contributed by atoms with Crippen LogP contribution >= 0.6 is 0 Å². The van der Waals surface area contributed by atoms with Gasteiger partial charge in [0, 0.05) is 19.6 Å². The molecule has 4 rings (SSSR count). The highest BCUT2D eigenvalue weighted by Gasteiger charge is 2.36. The van der Waals surface area contributed by atoms with Crippen LogP contribution in [-0.4, -0.2) is 38.3 Å². The minimum Gasteiger partial charge on any atom is -0.312 e. The highest BCUT2D eigenvalue weighted by Crippen LogP contribution is 2.39. The van der Waals surface area contributed by atoms with Gasteiger partial charge in [-0.25, -0.2) is 8.42 Å². The molecule has 6 heteroatoms. The molecule has 0 bridgehead atoms. The van der Waals surface area contributed by atoms with Crippen molar-refractivity contribution in [2.75, 3.05) is 24.5 Å². The standard InChI is InChI=1S/C18H24N2O3S/c1-12-6-13(2)11-19(10-12)24(22,23)16-7-14-4-3-5-20-17(21)9-15(8-16)18(14)20/h7-8,12-13H,3-6,9-11H2,1-2H3. The maximum Gasteiger partial charge on any atom is 0.243 e. The fourth-order valence-electron chi connectivity index (χ4n) is 4.55. The highest BCUT2D eigenvalue weighted by atomic mass is 32.2. The predicted octanol–water partition coefficient (Wildman–Crippen LogP) is 2.19. The molecule has 3 aliphatic heterocycles. The number of carbonyl (C=O) groups excluding carboxylic acids is 1. The van der Waals surface area contributed by atoms with Crippen molar-refractivity contribution in [2.24, 2.45) is 11.8 Å². The lowest BCUT2D eigenvalue weighted by molar-refractivity contribution is -0.117. The lowest BCUT2D eigenvalue weighted by Crippen LogP contribution is -2.42. The molecule has 0 aromatic heterocycles. The SMILES string of the molecule is CC1CC(C)CN(S(=O)(=O)c2cc3c4c(c2)CC(=O)N4CCC3)C1. The second-order valence-electron chi connectivity index (χ2n) is 7.68. The van der Waals surface area contributed by atoms with Gasteiger partial charge >= 0.3 is 0 Å².